The maximum atomic E-state index is 12.0. The molecule has 0 fully saturated rings. The second kappa shape index (κ2) is 6.84. The van der Waals surface area contributed by atoms with Crippen LogP contribution < -0.4 is 5.32 Å². The highest BCUT2D eigenvalue weighted by molar-refractivity contribution is 5.95. The van der Waals surface area contributed by atoms with E-state index in [1.807, 2.05) is 18.3 Å². The van der Waals surface area contributed by atoms with Crippen LogP contribution in [0.2, 0.25) is 0 Å². The highest BCUT2D eigenvalue weighted by Crippen LogP contribution is 2.20. The molecule has 25 heavy (non-hydrogen) atoms. The first-order valence-electron chi connectivity index (χ1n) is 7.56. The Morgan fingerprint density at radius 1 is 1.24 bits per heavy atom. The summed E-state index contributed by atoms with van der Waals surface area (Å²) < 4.78 is 1.79. The molecule has 7 heteroatoms. The lowest BCUT2D eigenvalue weighted by Gasteiger charge is -2.03. The molecule has 7 nitrogen and oxygen atoms in total. The van der Waals surface area contributed by atoms with Crippen LogP contribution in [0.15, 0.2) is 48.8 Å². The van der Waals surface area contributed by atoms with E-state index in [-0.39, 0.29) is 18.9 Å². The molecule has 1 amide bonds. The van der Waals surface area contributed by atoms with Crippen LogP contribution in [0.5, 0.6) is 0 Å². The number of hydrogen-bond acceptors (Lipinski definition) is 4. The summed E-state index contributed by atoms with van der Waals surface area (Å²) in [6.45, 7) is 0.0737. The number of nitriles is 1. The van der Waals surface area contributed by atoms with E-state index in [9.17, 15) is 9.59 Å². The van der Waals surface area contributed by atoms with Crippen molar-refractivity contribution in [2.75, 3.05) is 6.54 Å². The fourth-order valence-electron chi connectivity index (χ4n) is 2.36. The molecule has 0 aliphatic heterocycles. The molecule has 0 radical (unpaired) electrons. The second-order valence-electron chi connectivity index (χ2n) is 5.40. The molecular formula is C18H14N4O3. The molecule has 0 spiro atoms. The van der Waals surface area contributed by atoms with Crippen LogP contribution in [0.25, 0.3) is 16.9 Å². The molecule has 0 saturated carbocycles. The van der Waals surface area contributed by atoms with Gasteiger partial charge >= 0.3 is 5.97 Å². The molecule has 3 rings (SSSR count). The largest absolute Gasteiger partial charge is 0.481 e. The van der Waals surface area contributed by atoms with Crippen molar-refractivity contribution in [1.29, 1.82) is 5.26 Å². The maximum Gasteiger partial charge on any atom is 0.305 e. The summed E-state index contributed by atoms with van der Waals surface area (Å²) in [5, 5.41) is 20.0. The van der Waals surface area contributed by atoms with Gasteiger partial charge in [-0.05, 0) is 24.3 Å². The Labute approximate surface area is 143 Å². The summed E-state index contributed by atoms with van der Waals surface area (Å²) in [6, 6.07) is 12.4. The predicted octanol–water partition coefficient (Wildman–Crippen LogP) is 2.08. The minimum absolute atomic E-state index is 0.0737. The molecule has 0 saturated heterocycles. The van der Waals surface area contributed by atoms with Crippen LogP contribution >= 0.6 is 0 Å². The van der Waals surface area contributed by atoms with Crippen LogP contribution in [0.3, 0.4) is 0 Å². The van der Waals surface area contributed by atoms with E-state index in [1.165, 1.54) is 0 Å². The number of amides is 1. The summed E-state index contributed by atoms with van der Waals surface area (Å²) in [5.74, 6) is -1.30. The molecule has 124 valence electrons. The molecule has 0 bridgehead atoms. The number of rotatable bonds is 5. The van der Waals surface area contributed by atoms with Crippen molar-refractivity contribution in [3.05, 3.63) is 59.9 Å². The molecule has 1 aromatic carbocycles. The lowest BCUT2D eigenvalue weighted by molar-refractivity contribution is -0.136. The third-order valence-electron chi connectivity index (χ3n) is 3.66. The van der Waals surface area contributed by atoms with E-state index in [4.69, 9.17) is 10.4 Å². The number of imidazole rings is 1. The second-order valence-corrected chi connectivity index (χ2v) is 5.40. The highest BCUT2D eigenvalue weighted by Gasteiger charge is 2.10. The van der Waals surface area contributed by atoms with Gasteiger partial charge in [0.2, 0.25) is 0 Å². The number of carbonyl (C=O) groups excluding carboxylic acids is 1. The van der Waals surface area contributed by atoms with E-state index in [0.717, 1.165) is 11.3 Å². The van der Waals surface area contributed by atoms with Crippen molar-refractivity contribution >= 4 is 17.5 Å². The van der Waals surface area contributed by atoms with Crippen molar-refractivity contribution in [2.45, 2.75) is 6.42 Å². The Balaban J connectivity index is 1.82. The molecule has 2 heterocycles. The van der Waals surface area contributed by atoms with Gasteiger partial charge in [-0.1, -0.05) is 12.1 Å². The van der Waals surface area contributed by atoms with Gasteiger partial charge in [0.05, 0.1) is 23.7 Å². The zero-order valence-corrected chi connectivity index (χ0v) is 13.1. The van der Waals surface area contributed by atoms with Gasteiger partial charge in [0.25, 0.3) is 5.91 Å². The normalized spacial score (nSPS) is 10.4. The summed E-state index contributed by atoms with van der Waals surface area (Å²) in [4.78, 5) is 27.0. The van der Waals surface area contributed by atoms with Gasteiger partial charge in [-0.15, -0.1) is 0 Å². The molecule has 0 unspecified atom stereocenters. The monoisotopic (exact) mass is 334 g/mol. The number of nitrogens with one attached hydrogen (secondary N) is 1. The summed E-state index contributed by atoms with van der Waals surface area (Å²) in [5.41, 5.74) is 3.19. The van der Waals surface area contributed by atoms with Gasteiger partial charge in [0, 0.05) is 30.1 Å². The molecule has 3 aromatic rings. The smallest absolute Gasteiger partial charge is 0.305 e. The number of hydrogen-bond donors (Lipinski definition) is 2. The molecule has 2 aromatic heterocycles. The van der Waals surface area contributed by atoms with Crippen LogP contribution in [0.4, 0.5) is 0 Å². The Morgan fingerprint density at radius 2 is 2.00 bits per heavy atom. The topological polar surface area (TPSA) is 107 Å². The number of carboxylic acids is 1. The quantitative estimate of drug-likeness (QED) is 0.743. The number of benzene rings is 1. The molecule has 0 atom stereocenters. The van der Waals surface area contributed by atoms with Crippen molar-refractivity contribution < 1.29 is 14.7 Å². The average molecular weight is 334 g/mol. The number of nitrogens with zero attached hydrogens (tertiary/aromatic N) is 3. The Morgan fingerprint density at radius 3 is 2.68 bits per heavy atom. The third-order valence-corrected chi connectivity index (χ3v) is 3.66. The van der Waals surface area contributed by atoms with Gasteiger partial charge in [-0.3, -0.25) is 9.59 Å². The van der Waals surface area contributed by atoms with Gasteiger partial charge in [0.1, 0.15) is 5.65 Å². The maximum absolute atomic E-state index is 12.0. The van der Waals surface area contributed by atoms with E-state index in [0.29, 0.717) is 16.8 Å². The first-order chi connectivity index (χ1) is 12.1. The van der Waals surface area contributed by atoms with Gasteiger partial charge in [-0.2, -0.15) is 5.26 Å². The summed E-state index contributed by atoms with van der Waals surface area (Å²) in [6.07, 6.45) is 3.44. The van der Waals surface area contributed by atoms with Crippen LogP contribution in [0, 0.1) is 11.3 Å². The SMILES string of the molecule is N#Cc1ccc(-c2cn3ccc(C(=O)NCCC(=O)O)cc3n2)cc1. The van der Waals surface area contributed by atoms with Gasteiger partial charge in [0.15, 0.2) is 0 Å². The number of aliphatic carboxylic acids is 1. The van der Waals surface area contributed by atoms with Crippen LogP contribution in [-0.2, 0) is 4.79 Å². The number of pyridine rings is 1. The van der Waals surface area contributed by atoms with Crippen molar-refractivity contribution in [3.63, 3.8) is 0 Å². The zero-order chi connectivity index (χ0) is 17.8. The van der Waals surface area contributed by atoms with Crippen molar-refractivity contribution in [1.82, 2.24) is 14.7 Å². The number of carboxylic acid groups (broad SMARTS) is 1. The fourth-order valence-corrected chi connectivity index (χ4v) is 2.36. The van der Waals surface area contributed by atoms with E-state index < -0.39 is 5.97 Å². The van der Waals surface area contributed by atoms with Crippen molar-refractivity contribution in [3.8, 4) is 17.3 Å². The standard InChI is InChI=1S/C18H14N4O3/c19-10-12-1-3-13(4-2-12)15-11-22-8-6-14(9-16(22)21-15)18(25)20-7-5-17(23)24/h1-4,6,8-9,11H,5,7H2,(H,20,25)(H,23,24). The minimum Gasteiger partial charge on any atom is -0.481 e. The van der Waals surface area contributed by atoms with E-state index >= 15 is 0 Å². The molecular weight excluding hydrogens is 320 g/mol. The number of fused-ring (bicyclic) bond motifs is 1. The summed E-state index contributed by atoms with van der Waals surface area (Å²) in [7, 11) is 0. The van der Waals surface area contributed by atoms with E-state index in [2.05, 4.69) is 16.4 Å². The minimum atomic E-state index is -0.962. The number of aromatic nitrogens is 2. The van der Waals surface area contributed by atoms with E-state index in [1.54, 1.807) is 34.9 Å². The predicted molar refractivity (Wildman–Crippen MR) is 89.9 cm³/mol. The fraction of sp³-hybridized carbons (Fsp3) is 0.111. The van der Waals surface area contributed by atoms with Crippen LogP contribution in [0.1, 0.15) is 22.3 Å². The van der Waals surface area contributed by atoms with Crippen LogP contribution in [-0.4, -0.2) is 32.9 Å². The van der Waals surface area contributed by atoms with Gasteiger partial charge < -0.3 is 14.8 Å². The first-order valence-corrected chi connectivity index (χ1v) is 7.56. The Hall–Kier alpha value is -3.66. The van der Waals surface area contributed by atoms with Gasteiger partial charge in [-0.25, -0.2) is 4.98 Å². The molecule has 0 aliphatic rings. The Kier molecular flexibility index (Phi) is 4.44. The average Bonchev–Trinajstić information content (AvgIpc) is 3.04. The number of carbonyl (C=O) groups is 2. The van der Waals surface area contributed by atoms with Crippen molar-refractivity contribution in [2.24, 2.45) is 0 Å². The first kappa shape index (κ1) is 16.2. The zero-order valence-electron chi connectivity index (χ0n) is 13.1. The Bertz CT molecular complexity index is 984. The molecule has 2 N–H and O–H groups in total. The summed E-state index contributed by atoms with van der Waals surface area (Å²) >= 11 is 0. The third kappa shape index (κ3) is 3.64. The highest BCUT2D eigenvalue weighted by atomic mass is 16.4. The lowest BCUT2D eigenvalue weighted by atomic mass is 10.1. The lowest BCUT2D eigenvalue weighted by Crippen LogP contribution is -2.26. The molecule has 0 aliphatic carbocycles.